The van der Waals surface area contributed by atoms with Gasteiger partial charge in [0.15, 0.2) is 0 Å². The van der Waals surface area contributed by atoms with Crippen molar-refractivity contribution in [2.75, 3.05) is 12.4 Å². The van der Waals surface area contributed by atoms with Crippen LogP contribution in [-0.4, -0.2) is 32.4 Å². The third kappa shape index (κ3) is 4.46. The number of hydrogen-bond donors (Lipinski definition) is 1. The zero-order chi connectivity index (χ0) is 26.9. The maximum absolute atomic E-state index is 14.1. The quantitative estimate of drug-likeness (QED) is 0.283. The lowest BCUT2D eigenvalue weighted by atomic mass is 10.0. The minimum Gasteiger partial charge on any atom is -0.497 e. The number of ether oxygens (including phenoxy) is 1. The summed E-state index contributed by atoms with van der Waals surface area (Å²) in [6, 6.07) is 29.6. The Bertz CT molecular complexity index is 1620. The van der Waals surface area contributed by atoms with E-state index in [0.717, 1.165) is 57.4 Å². The number of carbonyl (C=O) groups excluding carboxylic acids is 1. The molecule has 0 unspecified atom stereocenters. The Morgan fingerprint density at radius 2 is 1.79 bits per heavy atom. The van der Waals surface area contributed by atoms with Crippen LogP contribution in [0.25, 0.3) is 11.5 Å². The molecule has 3 heterocycles. The molecular formula is C32H31N5O2. The van der Waals surface area contributed by atoms with Gasteiger partial charge >= 0.3 is 6.03 Å². The SMILES string of the molecule is CCc1nn(-c2ccccc2)c2c1CN(C(=O)Nc1cccc(C)c1)[C@H](c1ccc(OC)cc1)c1cccn1-2. The Labute approximate surface area is 228 Å². The van der Waals surface area contributed by atoms with E-state index >= 15 is 0 Å². The maximum Gasteiger partial charge on any atom is 0.322 e. The molecule has 39 heavy (non-hydrogen) atoms. The number of aromatic nitrogens is 3. The topological polar surface area (TPSA) is 64.3 Å². The Balaban J connectivity index is 1.54. The fourth-order valence-electron chi connectivity index (χ4n) is 5.40. The molecule has 196 valence electrons. The number of anilines is 1. The van der Waals surface area contributed by atoms with Crippen LogP contribution >= 0.6 is 0 Å². The normalized spacial score (nSPS) is 14.3. The Morgan fingerprint density at radius 1 is 1.00 bits per heavy atom. The summed E-state index contributed by atoms with van der Waals surface area (Å²) in [7, 11) is 1.66. The molecule has 0 fully saturated rings. The molecule has 7 heteroatoms. The van der Waals surface area contributed by atoms with Crippen LogP contribution in [0.3, 0.4) is 0 Å². The van der Waals surface area contributed by atoms with Gasteiger partial charge in [0.05, 0.1) is 36.8 Å². The van der Waals surface area contributed by atoms with Gasteiger partial charge in [-0.1, -0.05) is 49.4 Å². The van der Waals surface area contributed by atoms with E-state index in [-0.39, 0.29) is 12.1 Å². The molecule has 0 spiro atoms. The van der Waals surface area contributed by atoms with Crippen molar-refractivity contribution in [2.24, 2.45) is 0 Å². The second-order valence-electron chi connectivity index (χ2n) is 9.76. The van der Waals surface area contributed by atoms with E-state index in [1.54, 1.807) is 7.11 Å². The zero-order valence-corrected chi connectivity index (χ0v) is 22.3. The number of urea groups is 1. The molecule has 6 rings (SSSR count). The summed E-state index contributed by atoms with van der Waals surface area (Å²) in [6.07, 6.45) is 2.81. The van der Waals surface area contributed by atoms with E-state index in [9.17, 15) is 4.79 Å². The number of rotatable bonds is 5. The summed E-state index contributed by atoms with van der Waals surface area (Å²) in [5.41, 5.74) is 6.82. The van der Waals surface area contributed by atoms with Gasteiger partial charge in [-0.3, -0.25) is 0 Å². The second-order valence-corrected chi connectivity index (χ2v) is 9.76. The number of hydrogen-bond acceptors (Lipinski definition) is 3. The lowest BCUT2D eigenvalue weighted by molar-refractivity contribution is 0.194. The van der Waals surface area contributed by atoms with E-state index in [1.165, 1.54) is 0 Å². The van der Waals surface area contributed by atoms with Gasteiger partial charge in [0.2, 0.25) is 0 Å². The minimum absolute atomic E-state index is 0.170. The van der Waals surface area contributed by atoms with Gasteiger partial charge in [0.1, 0.15) is 11.6 Å². The molecule has 1 aliphatic heterocycles. The van der Waals surface area contributed by atoms with Crippen LogP contribution in [0, 0.1) is 6.92 Å². The number of benzene rings is 3. The van der Waals surface area contributed by atoms with Crippen molar-refractivity contribution in [1.82, 2.24) is 19.2 Å². The van der Waals surface area contributed by atoms with Gasteiger partial charge < -0.3 is 19.5 Å². The standard InChI is InChI=1S/C32H31N5O2/c1-4-28-27-21-36(32(38)33-24-11-8-10-22(2)20-24)30(23-15-17-26(39-3)18-16-23)29-14-9-19-35(29)31(27)37(34-28)25-12-6-5-7-13-25/h5-20,30H,4,21H2,1-3H3,(H,33,38)/t30-/m1/s1. The highest BCUT2D eigenvalue weighted by atomic mass is 16.5. The predicted octanol–water partition coefficient (Wildman–Crippen LogP) is 6.68. The van der Waals surface area contributed by atoms with Crippen LogP contribution in [0.4, 0.5) is 10.5 Å². The number of aryl methyl sites for hydroxylation is 2. The maximum atomic E-state index is 14.1. The number of methoxy groups -OCH3 is 1. The monoisotopic (exact) mass is 517 g/mol. The average Bonchev–Trinajstić information content (AvgIpc) is 3.55. The molecule has 3 aromatic carbocycles. The first-order valence-corrected chi connectivity index (χ1v) is 13.2. The lowest BCUT2D eigenvalue weighted by Gasteiger charge is -2.31. The van der Waals surface area contributed by atoms with Gasteiger partial charge in [0.25, 0.3) is 0 Å². The fraction of sp³-hybridized carbons (Fsp3) is 0.188. The third-order valence-electron chi connectivity index (χ3n) is 7.27. The van der Waals surface area contributed by atoms with E-state index in [0.29, 0.717) is 6.54 Å². The summed E-state index contributed by atoms with van der Waals surface area (Å²) in [6.45, 7) is 4.53. The molecule has 2 amide bonds. The predicted molar refractivity (Wildman–Crippen MR) is 153 cm³/mol. The van der Waals surface area contributed by atoms with Crippen LogP contribution < -0.4 is 10.1 Å². The molecule has 0 saturated carbocycles. The van der Waals surface area contributed by atoms with Crippen molar-refractivity contribution >= 4 is 11.7 Å². The molecule has 5 aromatic rings. The van der Waals surface area contributed by atoms with Crippen LogP contribution in [0.15, 0.2) is 97.2 Å². The highest BCUT2D eigenvalue weighted by molar-refractivity contribution is 5.90. The second kappa shape index (κ2) is 10.2. The van der Waals surface area contributed by atoms with Gasteiger partial charge in [-0.15, -0.1) is 0 Å². The van der Waals surface area contributed by atoms with E-state index in [4.69, 9.17) is 9.84 Å². The smallest absolute Gasteiger partial charge is 0.322 e. The molecule has 0 saturated heterocycles. The molecule has 1 atom stereocenters. The first kappa shape index (κ1) is 24.6. The van der Waals surface area contributed by atoms with Crippen molar-refractivity contribution in [3.05, 3.63) is 125 Å². The summed E-state index contributed by atoms with van der Waals surface area (Å²) in [5, 5.41) is 8.19. The van der Waals surface area contributed by atoms with Gasteiger partial charge in [-0.2, -0.15) is 5.10 Å². The number of amides is 2. The highest BCUT2D eigenvalue weighted by Gasteiger charge is 2.36. The Hall–Kier alpha value is -4.78. The molecule has 0 radical (unpaired) electrons. The highest BCUT2D eigenvalue weighted by Crippen LogP contribution is 2.39. The number of para-hydroxylation sites is 1. The van der Waals surface area contributed by atoms with Crippen molar-refractivity contribution in [2.45, 2.75) is 32.9 Å². The summed E-state index contributed by atoms with van der Waals surface area (Å²) < 4.78 is 9.61. The molecule has 2 aromatic heterocycles. The summed E-state index contributed by atoms with van der Waals surface area (Å²) in [4.78, 5) is 16.0. The molecule has 0 aliphatic carbocycles. The van der Waals surface area contributed by atoms with Crippen molar-refractivity contribution < 1.29 is 9.53 Å². The Kier molecular flexibility index (Phi) is 6.40. The van der Waals surface area contributed by atoms with Gasteiger partial charge in [0, 0.05) is 17.4 Å². The molecule has 1 aliphatic rings. The van der Waals surface area contributed by atoms with Crippen molar-refractivity contribution in [1.29, 1.82) is 0 Å². The Morgan fingerprint density at radius 3 is 2.51 bits per heavy atom. The van der Waals surface area contributed by atoms with E-state index in [1.807, 2.05) is 89.3 Å². The summed E-state index contributed by atoms with van der Waals surface area (Å²) >= 11 is 0. The zero-order valence-electron chi connectivity index (χ0n) is 22.3. The molecular weight excluding hydrogens is 486 g/mol. The first-order chi connectivity index (χ1) is 19.1. The summed E-state index contributed by atoms with van der Waals surface area (Å²) in [5.74, 6) is 1.73. The number of carbonyl (C=O) groups is 1. The van der Waals surface area contributed by atoms with E-state index in [2.05, 4.69) is 41.2 Å². The molecule has 1 N–H and O–H groups in total. The van der Waals surface area contributed by atoms with Crippen LogP contribution in [0.2, 0.25) is 0 Å². The lowest BCUT2D eigenvalue weighted by Crippen LogP contribution is -2.38. The van der Waals surface area contributed by atoms with E-state index < -0.39 is 0 Å². The van der Waals surface area contributed by atoms with Crippen LogP contribution in [0.1, 0.15) is 41.0 Å². The third-order valence-corrected chi connectivity index (χ3v) is 7.27. The van der Waals surface area contributed by atoms with Crippen LogP contribution in [-0.2, 0) is 13.0 Å². The molecule has 0 bridgehead atoms. The largest absolute Gasteiger partial charge is 0.497 e. The minimum atomic E-state index is -0.336. The number of nitrogens with zero attached hydrogens (tertiary/aromatic N) is 4. The first-order valence-electron chi connectivity index (χ1n) is 13.2. The fourth-order valence-corrected chi connectivity index (χ4v) is 5.40. The van der Waals surface area contributed by atoms with Crippen molar-refractivity contribution in [3.63, 3.8) is 0 Å². The molecule has 7 nitrogen and oxygen atoms in total. The average molecular weight is 518 g/mol. The van der Waals surface area contributed by atoms with Gasteiger partial charge in [-0.25, -0.2) is 9.48 Å². The van der Waals surface area contributed by atoms with Crippen LogP contribution in [0.5, 0.6) is 5.75 Å². The van der Waals surface area contributed by atoms with Crippen molar-refractivity contribution in [3.8, 4) is 17.3 Å². The number of fused-ring (bicyclic) bond motifs is 3. The number of nitrogens with one attached hydrogen (secondary N) is 1. The van der Waals surface area contributed by atoms with Gasteiger partial charge in [-0.05, 0) is 73.0 Å².